The Morgan fingerprint density at radius 3 is 2.47 bits per heavy atom. The van der Waals surface area contributed by atoms with Crippen LogP contribution >= 0.6 is 0 Å². The van der Waals surface area contributed by atoms with Crippen LogP contribution in [0.25, 0.3) is 0 Å². The van der Waals surface area contributed by atoms with Crippen LogP contribution in [-0.4, -0.2) is 37.2 Å². The molecule has 1 heterocycles. The Morgan fingerprint density at radius 1 is 1.42 bits per heavy atom. The van der Waals surface area contributed by atoms with Gasteiger partial charge in [-0.2, -0.15) is 0 Å². The van der Waals surface area contributed by atoms with Crippen molar-refractivity contribution in [3.8, 4) is 0 Å². The van der Waals surface area contributed by atoms with Crippen LogP contribution in [0, 0.1) is 11.3 Å². The Labute approximate surface area is 115 Å². The van der Waals surface area contributed by atoms with Crippen molar-refractivity contribution in [3.63, 3.8) is 0 Å². The van der Waals surface area contributed by atoms with Gasteiger partial charge in [0.15, 0.2) is 0 Å². The van der Waals surface area contributed by atoms with Crippen molar-refractivity contribution < 1.29 is 19.1 Å². The molecule has 1 saturated heterocycles. The Kier molecular flexibility index (Phi) is 4.96. The minimum absolute atomic E-state index is 0.277. The smallest absolute Gasteiger partial charge is 0.319 e. The first-order valence-electron chi connectivity index (χ1n) is 6.76. The predicted molar refractivity (Wildman–Crippen MR) is 71.6 cm³/mol. The van der Waals surface area contributed by atoms with Gasteiger partial charge in [0.2, 0.25) is 5.91 Å². The summed E-state index contributed by atoms with van der Waals surface area (Å²) >= 11 is 0. The fourth-order valence-corrected chi connectivity index (χ4v) is 2.21. The molecular weight excluding hydrogens is 246 g/mol. The summed E-state index contributed by atoms with van der Waals surface area (Å²) in [7, 11) is 0. The molecule has 0 bridgehead atoms. The Hall–Kier alpha value is -1.10. The van der Waals surface area contributed by atoms with Crippen LogP contribution in [0.5, 0.6) is 0 Å². The van der Waals surface area contributed by atoms with Crippen LogP contribution in [0.2, 0.25) is 0 Å². The lowest BCUT2D eigenvalue weighted by Gasteiger charge is -2.31. The molecular formula is C14H25NO4. The highest BCUT2D eigenvalue weighted by Crippen LogP contribution is 2.29. The normalized spacial score (nSPS) is 24.9. The summed E-state index contributed by atoms with van der Waals surface area (Å²) in [5.41, 5.74) is -0.862. The molecule has 0 aromatic rings. The van der Waals surface area contributed by atoms with E-state index in [9.17, 15) is 9.59 Å². The van der Waals surface area contributed by atoms with Crippen molar-refractivity contribution >= 4 is 11.9 Å². The molecule has 1 rings (SSSR count). The van der Waals surface area contributed by atoms with Gasteiger partial charge >= 0.3 is 5.97 Å². The maximum atomic E-state index is 12.4. The zero-order valence-corrected chi connectivity index (χ0v) is 12.5. The first-order chi connectivity index (χ1) is 8.69. The highest BCUT2D eigenvalue weighted by Gasteiger charge is 2.42. The first-order valence-corrected chi connectivity index (χ1v) is 6.76. The van der Waals surface area contributed by atoms with E-state index >= 15 is 0 Å². The standard InChI is InChI=1S/C14H25NO4/c1-6-19-12(17)10(13(2,3)4)11(16)15-14(5)7-8-18-9-14/h10H,6-9H2,1-5H3,(H,15,16). The molecule has 0 spiro atoms. The lowest BCUT2D eigenvalue weighted by Crippen LogP contribution is -2.53. The molecule has 0 radical (unpaired) electrons. The van der Waals surface area contributed by atoms with Gasteiger partial charge < -0.3 is 14.8 Å². The van der Waals surface area contributed by atoms with Gasteiger partial charge in [0.1, 0.15) is 5.92 Å². The zero-order chi connectivity index (χ0) is 14.7. The summed E-state index contributed by atoms with van der Waals surface area (Å²) in [6, 6.07) is 0. The third-order valence-electron chi connectivity index (χ3n) is 3.29. The largest absolute Gasteiger partial charge is 0.465 e. The third-order valence-corrected chi connectivity index (χ3v) is 3.29. The molecule has 0 aromatic heterocycles. The van der Waals surface area contributed by atoms with Crippen molar-refractivity contribution in [1.29, 1.82) is 0 Å². The van der Waals surface area contributed by atoms with Crippen LogP contribution in [0.15, 0.2) is 0 Å². The molecule has 0 aliphatic carbocycles. The molecule has 5 heteroatoms. The number of ether oxygens (including phenoxy) is 2. The molecule has 1 aliphatic heterocycles. The number of carbonyl (C=O) groups is 2. The first kappa shape index (κ1) is 16.0. The topological polar surface area (TPSA) is 64.6 Å². The number of amides is 1. The molecule has 2 atom stereocenters. The van der Waals surface area contributed by atoms with Gasteiger partial charge in [0.25, 0.3) is 0 Å². The maximum Gasteiger partial charge on any atom is 0.319 e. The van der Waals surface area contributed by atoms with Crippen LogP contribution in [0.3, 0.4) is 0 Å². The van der Waals surface area contributed by atoms with Gasteiger partial charge in [-0.25, -0.2) is 0 Å². The summed E-state index contributed by atoms with van der Waals surface area (Å²) in [5.74, 6) is -1.54. The Balaban J connectivity index is 2.80. The van der Waals surface area contributed by atoms with Gasteiger partial charge in [-0.15, -0.1) is 0 Å². The summed E-state index contributed by atoms with van der Waals surface area (Å²) < 4.78 is 10.3. The molecule has 0 saturated carbocycles. The van der Waals surface area contributed by atoms with E-state index in [0.29, 0.717) is 13.2 Å². The number of carbonyl (C=O) groups excluding carboxylic acids is 2. The van der Waals surface area contributed by atoms with Crippen molar-refractivity contribution in [1.82, 2.24) is 5.32 Å². The minimum Gasteiger partial charge on any atom is -0.465 e. The van der Waals surface area contributed by atoms with E-state index in [1.807, 2.05) is 27.7 Å². The third kappa shape index (κ3) is 4.20. The average Bonchev–Trinajstić information content (AvgIpc) is 2.62. The van der Waals surface area contributed by atoms with Crippen molar-refractivity contribution in [3.05, 3.63) is 0 Å². The lowest BCUT2D eigenvalue weighted by atomic mass is 9.79. The van der Waals surface area contributed by atoms with E-state index in [-0.39, 0.29) is 18.1 Å². The average molecular weight is 271 g/mol. The van der Waals surface area contributed by atoms with Gasteiger partial charge in [0, 0.05) is 6.61 Å². The number of hydrogen-bond acceptors (Lipinski definition) is 4. The van der Waals surface area contributed by atoms with Gasteiger partial charge in [-0.05, 0) is 25.7 Å². The fourth-order valence-electron chi connectivity index (χ4n) is 2.21. The second-order valence-electron chi connectivity index (χ2n) is 6.40. The fraction of sp³-hybridized carbons (Fsp3) is 0.857. The van der Waals surface area contributed by atoms with Crippen LogP contribution < -0.4 is 5.32 Å². The van der Waals surface area contributed by atoms with E-state index in [1.165, 1.54) is 0 Å². The quantitative estimate of drug-likeness (QED) is 0.622. The monoisotopic (exact) mass is 271 g/mol. The highest BCUT2D eigenvalue weighted by molar-refractivity contribution is 5.98. The lowest BCUT2D eigenvalue weighted by molar-refractivity contribution is -0.157. The molecule has 1 N–H and O–H groups in total. The summed E-state index contributed by atoms with van der Waals surface area (Å²) in [6.07, 6.45) is 0.762. The SMILES string of the molecule is CCOC(=O)C(C(=O)NC1(C)CCOC1)C(C)(C)C. The number of hydrogen-bond donors (Lipinski definition) is 1. The predicted octanol–water partition coefficient (Wildman–Crippen LogP) is 1.51. The molecule has 1 fully saturated rings. The van der Waals surface area contributed by atoms with Crippen molar-refractivity contribution in [2.24, 2.45) is 11.3 Å². The highest BCUT2D eigenvalue weighted by atomic mass is 16.5. The van der Waals surface area contributed by atoms with Gasteiger partial charge in [-0.1, -0.05) is 20.8 Å². The Bertz CT molecular complexity index is 340. The summed E-state index contributed by atoms with van der Waals surface area (Å²) in [4.78, 5) is 24.4. The van der Waals surface area contributed by atoms with E-state index in [2.05, 4.69) is 5.32 Å². The molecule has 110 valence electrons. The summed E-state index contributed by atoms with van der Waals surface area (Å²) in [6.45, 7) is 10.7. The molecule has 1 aliphatic rings. The summed E-state index contributed by atoms with van der Waals surface area (Å²) in [5, 5.41) is 2.94. The van der Waals surface area contributed by atoms with Gasteiger partial charge in [0.05, 0.1) is 18.8 Å². The van der Waals surface area contributed by atoms with E-state index < -0.39 is 17.3 Å². The van der Waals surface area contributed by atoms with Crippen LogP contribution in [-0.2, 0) is 19.1 Å². The second-order valence-corrected chi connectivity index (χ2v) is 6.40. The Morgan fingerprint density at radius 2 is 2.05 bits per heavy atom. The molecule has 19 heavy (non-hydrogen) atoms. The molecule has 5 nitrogen and oxygen atoms in total. The number of rotatable bonds is 4. The van der Waals surface area contributed by atoms with Crippen LogP contribution in [0.4, 0.5) is 0 Å². The van der Waals surface area contributed by atoms with Crippen molar-refractivity contribution in [2.75, 3.05) is 19.8 Å². The van der Waals surface area contributed by atoms with E-state index in [0.717, 1.165) is 6.42 Å². The number of esters is 1. The van der Waals surface area contributed by atoms with Crippen molar-refractivity contribution in [2.45, 2.75) is 46.6 Å². The van der Waals surface area contributed by atoms with E-state index in [1.54, 1.807) is 6.92 Å². The molecule has 1 amide bonds. The molecule has 2 unspecified atom stereocenters. The van der Waals surface area contributed by atoms with E-state index in [4.69, 9.17) is 9.47 Å². The number of nitrogens with one attached hydrogen (secondary N) is 1. The van der Waals surface area contributed by atoms with Gasteiger partial charge in [-0.3, -0.25) is 9.59 Å². The van der Waals surface area contributed by atoms with Crippen LogP contribution in [0.1, 0.15) is 41.0 Å². The minimum atomic E-state index is -0.801. The zero-order valence-electron chi connectivity index (χ0n) is 12.5. The second kappa shape index (κ2) is 5.90. The maximum absolute atomic E-state index is 12.4. The molecule has 0 aromatic carbocycles.